The zero-order valence-corrected chi connectivity index (χ0v) is 2.57. The summed E-state index contributed by atoms with van der Waals surface area (Å²) in [7, 11) is 0. The van der Waals surface area contributed by atoms with Gasteiger partial charge in [0.2, 0.25) is 0 Å². The van der Waals surface area contributed by atoms with Crippen LogP contribution in [0.25, 0.3) is 5.53 Å². The van der Waals surface area contributed by atoms with Crippen molar-refractivity contribution in [2.75, 3.05) is 0 Å². The quantitative estimate of drug-likeness (QED) is 0.276. The van der Waals surface area contributed by atoms with Crippen molar-refractivity contribution in [3.8, 4) is 0 Å². The minimum Gasteiger partial charge on any atom is -0.373 e. The van der Waals surface area contributed by atoms with Crippen LogP contribution in [0.3, 0.4) is 0 Å². The molecule has 0 atom stereocenters. The smallest absolute Gasteiger partial charge is 0.110 e. The molecule has 34 valence electrons. The molecule has 6 heavy (non-hydrogen) atoms. The van der Waals surface area contributed by atoms with E-state index in [4.69, 9.17) is 15.0 Å². The van der Waals surface area contributed by atoms with Crippen molar-refractivity contribution in [1.82, 2.24) is 0 Å². The molecule has 0 amide bonds. The average molecular weight is 90.0 g/mol. The average Bonchev–Trinajstić information content (AvgIpc) is 1.35. The third-order valence-electron chi connectivity index (χ3n) is 0.110. The van der Waals surface area contributed by atoms with Crippen molar-refractivity contribution in [2.24, 2.45) is 5.29 Å². The minimum absolute atomic E-state index is 1.17. The van der Waals surface area contributed by atoms with Crippen molar-refractivity contribution in [3.05, 3.63) is 20.6 Å². The summed E-state index contributed by atoms with van der Waals surface area (Å²) < 4.78 is 0. The Morgan fingerprint density at radius 1 is 1.83 bits per heavy atom. The zero-order chi connectivity index (χ0) is 4.99. The van der Waals surface area contributed by atoms with Gasteiger partial charge in [-0.15, -0.1) is 5.03 Å². The molecule has 0 spiro atoms. The van der Waals surface area contributed by atoms with Gasteiger partial charge < -0.3 is 10.1 Å². The predicted molar refractivity (Wildman–Crippen MR) is 16.1 cm³/mol. The SMILES string of the molecule is O=N[N-][N+](=O)[O-]. The van der Waals surface area contributed by atoms with Crippen LogP contribution in [0.4, 0.5) is 0 Å². The molecule has 0 saturated heterocycles. The molecule has 0 aromatic heterocycles. The van der Waals surface area contributed by atoms with E-state index in [9.17, 15) is 0 Å². The molecule has 0 rings (SSSR count). The molecule has 6 nitrogen and oxygen atoms in total. The molecular weight excluding hydrogens is 90.0 g/mol. The Kier molecular flexibility index (Phi) is 1.65. The Morgan fingerprint density at radius 2 is 2.33 bits per heavy atom. The van der Waals surface area contributed by atoms with E-state index in [1.54, 1.807) is 5.29 Å². The third-order valence-corrected chi connectivity index (χ3v) is 0.110. The second-order valence-electron chi connectivity index (χ2n) is 0.409. The van der Waals surface area contributed by atoms with E-state index in [-0.39, 0.29) is 0 Å². The minimum atomic E-state index is -1.17. The van der Waals surface area contributed by atoms with Gasteiger partial charge in [-0.1, -0.05) is 0 Å². The highest BCUT2D eigenvalue weighted by Gasteiger charge is 1.62. The molecule has 0 aromatic rings. The number of rotatable bonds is 2. The van der Waals surface area contributed by atoms with Crippen molar-refractivity contribution in [2.45, 2.75) is 0 Å². The van der Waals surface area contributed by atoms with E-state index in [0.717, 1.165) is 0 Å². The summed E-state index contributed by atoms with van der Waals surface area (Å²) in [5.74, 6) is 0. The van der Waals surface area contributed by atoms with Crippen LogP contribution in [0.1, 0.15) is 0 Å². The molecule has 0 unspecified atom stereocenters. The van der Waals surface area contributed by atoms with Crippen molar-refractivity contribution >= 4 is 0 Å². The monoisotopic (exact) mass is 90.0 g/mol. The summed E-state index contributed by atoms with van der Waals surface area (Å²) in [6.07, 6.45) is 0. The summed E-state index contributed by atoms with van der Waals surface area (Å²) in [5, 5.41) is 9.38. The fourth-order valence-corrected chi connectivity index (χ4v) is 0.0298. The highest BCUT2D eigenvalue weighted by atomic mass is 16.7. The molecule has 0 fully saturated rings. The fraction of sp³-hybridized carbons (Fsp3) is 0. The summed E-state index contributed by atoms with van der Waals surface area (Å²) >= 11 is 0. The Morgan fingerprint density at radius 3 is 2.33 bits per heavy atom. The third kappa shape index (κ3) is 2.80. The molecular formula is N3O3-. The lowest BCUT2D eigenvalue weighted by molar-refractivity contribution is -0.427. The molecule has 0 aliphatic carbocycles. The second-order valence-corrected chi connectivity index (χ2v) is 0.409. The first-order valence-electron chi connectivity index (χ1n) is 0.948. The van der Waals surface area contributed by atoms with Gasteiger partial charge in [0.05, 0.1) is 0 Å². The van der Waals surface area contributed by atoms with E-state index < -0.39 is 5.03 Å². The molecule has 0 heterocycles. The molecule has 0 saturated carbocycles. The number of nitroso groups, excluding NO2 is 1. The van der Waals surface area contributed by atoms with Crippen LogP contribution >= 0.6 is 0 Å². The number of nitro groups is 1. The molecule has 0 N–H and O–H groups in total. The second kappa shape index (κ2) is 2.06. The first kappa shape index (κ1) is 4.80. The van der Waals surface area contributed by atoms with Gasteiger partial charge in [-0.05, 0) is 4.91 Å². The highest BCUT2D eigenvalue weighted by molar-refractivity contribution is 4.40. The van der Waals surface area contributed by atoms with Gasteiger partial charge in [-0.25, -0.2) is 5.53 Å². The van der Waals surface area contributed by atoms with Crippen LogP contribution in [-0.4, -0.2) is 5.03 Å². The van der Waals surface area contributed by atoms with E-state index in [1.165, 1.54) is 0 Å². The lowest BCUT2D eigenvalue weighted by Crippen LogP contribution is -1.81. The topological polar surface area (TPSA) is 86.7 Å². The van der Waals surface area contributed by atoms with Crippen LogP contribution in [0.5, 0.6) is 0 Å². The normalized spacial score (nSPS) is 6.67. The highest BCUT2D eigenvalue weighted by Crippen LogP contribution is 1.81. The van der Waals surface area contributed by atoms with Crippen molar-refractivity contribution in [3.63, 3.8) is 0 Å². The summed E-state index contributed by atoms with van der Waals surface area (Å²) in [5.41, 5.74) is 1.92. The Balaban J connectivity index is 3.05. The standard InChI is InChI=1S/HN3O3/c4-2-1-3(5)6/h(H,1,4)/p-1. The van der Waals surface area contributed by atoms with E-state index in [2.05, 4.69) is 0 Å². The Labute approximate surface area is 32.2 Å². The molecule has 0 aliphatic heterocycles. The fourth-order valence-electron chi connectivity index (χ4n) is 0.0298. The molecule has 6 heteroatoms. The first-order chi connectivity index (χ1) is 2.77. The summed E-state index contributed by atoms with van der Waals surface area (Å²) in [6.45, 7) is 0. The number of hydrogen-bond donors (Lipinski definition) is 0. The largest absolute Gasteiger partial charge is 0.373 e. The maximum Gasteiger partial charge on any atom is 0.110 e. The predicted octanol–water partition coefficient (Wildman–Crippen LogP) is 0.233. The van der Waals surface area contributed by atoms with Gasteiger partial charge in [0.1, 0.15) is 5.29 Å². The number of nitrogens with zero attached hydrogens (tertiary/aromatic N) is 3. The lowest BCUT2D eigenvalue weighted by Gasteiger charge is -1.94. The van der Waals surface area contributed by atoms with E-state index in [1.807, 2.05) is 5.53 Å². The maximum absolute atomic E-state index is 8.94. The van der Waals surface area contributed by atoms with Crippen LogP contribution in [-0.2, 0) is 0 Å². The van der Waals surface area contributed by atoms with Gasteiger partial charge in [0, 0.05) is 0 Å². The Bertz CT molecular complexity index is 66.4. The van der Waals surface area contributed by atoms with Gasteiger partial charge in [0.25, 0.3) is 0 Å². The zero-order valence-electron chi connectivity index (χ0n) is 2.57. The first-order valence-corrected chi connectivity index (χ1v) is 0.948. The van der Waals surface area contributed by atoms with Gasteiger partial charge >= 0.3 is 0 Å². The maximum atomic E-state index is 8.94. The van der Waals surface area contributed by atoms with Gasteiger partial charge in [-0.3, -0.25) is 0 Å². The van der Waals surface area contributed by atoms with Crippen LogP contribution in [0, 0.1) is 15.0 Å². The van der Waals surface area contributed by atoms with Gasteiger partial charge in [-0.2, -0.15) is 0 Å². The van der Waals surface area contributed by atoms with Crippen molar-refractivity contribution in [1.29, 1.82) is 0 Å². The molecule has 0 radical (unpaired) electrons. The van der Waals surface area contributed by atoms with Crippen LogP contribution in [0.15, 0.2) is 5.29 Å². The van der Waals surface area contributed by atoms with Gasteiger partial charge in [0.15, 0.2) is 0 Å². The summed E-state index contributed by atoms with van der Waals surface area (Å²) in [4.78, 5) is 17.7. The van der Waals surface area contributed by atoms with Crippen LogP contribution < -0.4 is 0 Å². The number of hydrogen-bond acceptors (Lipinski definition) is 4. The lowest BCUT2D eigenvalue weighted by atomic mass is 12.4. The molecule has 0 aromatic carbocycles. The summed E-state index contributed by atoms with van der Waals surface area (Å²) in [6, 6.07) is 0. The van der Waals surface area contributed by atoms with Crippen LogP contribution in [0.2, 0.25) is 0 Å². The Hall–Kier alpha value is -1.20. The molecule has 0 bridgehead atoms. The molecule has 0 aliphatic rings. The van der Waals surface area contributed by atoms with E-state index >= 15 is 0 Å². The van der Waals surface area contributed by atoms with Crippen molar-refractivity contribution < 1.29 is 5.03 Å². The van der Waals surface area contributed by atoms with E-state index in [0.29, 0.717) is 0 Å².